The number of benzene rings is 2. The van der Waals surface area contributed by atoms with E-state index in [9.17, 15) is 9.59 Å². The summed E-state index contributed by atoms with van der Waals surface area (Å²) in [7, 11) is 0. The second-order valence-electron chi connectivity index (χ2n) is 5.52. The van der Waals surface area contributed by atoms with Gasteiger partial charge in [-0.3, -0.25) is 9.59 Å². The quantitative estimate of drug-likeness (QED) is 0.786. The lowest BCUT2D eigenvalue weighted by molar-refractivity contribution is -0.109. The van der Waals surface area contributed by atoms with Crippen LogP contribution in [0.3, 0.4) is 0 Å². The maximum Gasteiger partial charge on any atom is 0.258 e. The van der Waals surface area contributed by atoms with E-state index in [1.54, 1.807) is 0 Å². The first-order chi connectivity index (χ1) is 10.6. The number of hydrogen-bond donors (Lipinski definition) is 0. The summed E-state index contributed by atoms with van der Waals surface area (Å²) in [4.78, 5) is 25.7. The summed E-state index contributed by atoms with van der Waals surface area (Å²) >= 11 is 2.96. The van der Waals surface area contributed by atoms with Gasteiger partial charge in [0.15, 0.2) is 0 Å². The van der Waals surface area contributed by atoms with Crippen molar-refractivity contribution < 1.29 is 9.59 Å². The Labute approximate surface area is 138 Å². The van der Waals surface area contributed by atoms with E-state index in [4.69, 9.17) is 0 Å². The van der Waals surface area contributed by atoms with Gasteiger partial charge in [-0.05, 0) is 58.1 Å². The highest BCUT2D eigenvalue weighted by Gasteiger charge is 2.26. The van der Waals surface area contributed by atoms with Crippen LogP contribution in [0.25, 0.3) is 0 Å². The Hall–Kier alpha value is -1.94. The second kappa shape index (κ2) is 6.05. The lowest BCUT2D eigenvalue weighted by Crippen LogP contribution is -2.29. The summed E-state index contributed by atoms with van der Waals surface area (Å²) in [5, 5.41) is 0. The Bertz CT molecular complexity index is 755. The van der Waals surface area contributed by atoms with Crippen molar-refractivity contribution >= 4 is 32.2 Å². The molecule has 0 saturated heterocycles. The van der Waals surface area contributed by atoms with Crippen molar-refractivity contribution in [3.8, 4) is 0 Å². The molecule has 0 aliphatic carbocycles. The molecular weight excluding hydrogens is 342 g/mol. The normalized spacial score (nSPS) is 13.1. The summed E-state index contributed by atoms with van der Waals surface area (Å²) in [6.07, 6.45) is 1.20. The molecule has 3 rings (SSSR count). The smallest absolute Gasteiger partial charge is 0.258 e. The number of carbonyl (C=O) groups excluding carboxylic acids is 2. The fourth-order valence-corrected chi connectivity index (χ4v) is 3.22. The van der Waals surface area contributed by atoms with Gasteiger partial charge in [-0.15, -0.1) is 0 Å². The zero-order valence-electron chi connectivity index (χ0n) is 12.3. The number of amides is 1. The van der Waals surface area contributed by atoms with E-state index in [1.165, 1.54) is 0 Å². The molecule has 1 amide bonds. The molecule has 0 radical (unpaired) electrons. The molecular formula is C18H16BrNO2. The molecule has 0 N–H and O–H groups in total. The molecule has 0 fully saturated rings. The average molecular weight is 358 g/mol. The van der Waals surface area contributed by atoms with Gasteiger partial charge in [0.05, 0.1) is 0 Å². The number of rotatable bonds is 3. The van der Waals surface area contributed by atoms with E-state index in [2.05, 4.69) is 15.9 Å². The van der Waals surface area contributed by atoms with Gasteiger partial charge in [0.1, 0.15) is 0 Å². The third-order valence-corrected chi connectivity index (χ3v) is 4.28. The van der Waals surface area contributed by atoms with Crippen LogP contribution in [0.2, 0.25) is 0 Å². The summed E-state index contributed by atoms with van der Waals surface area (Å²) < 4.78 is -0.0294. The fraction of sp³-hybridized carbons (Fsp3) is 0.222. The Balaban J connectivity index is 1.90. The number of hydrogen-bond acceptors (Lipinski definition) is 2. The van der Waals surface area contributed by atoms with Crippen molar-refractivity contribution in [1.82, 2.24) is 0 Å². The van der Waals surface area contributed by atoms with Crippen molar-refractivity contribution in [3.63, 3.8) is 0 Å². The van der Waals surface area contributed by atoms with E-state index in [-0.39, 0.29) is 10.6 Å². The van der Waals surface area contributed by atoms with Crippen molar-refractivity contribution in [2.24, 2.45) is 0 Å². The number of nitrogens with zero attached hydrogens (tertiary/aromatic N) is 1. The first kappa shape index (κ1) is 15.0. The third-order valence-electron chi connectivity index (χ3n) is 4.00. The fourth-order valence-electron chi connectivity index (χ4n) is 2.89. The van der Waals surface area contributed by atoms with Crippen LogP contribution in [-0.4, -0.2) is 17.1 Å². The van der Waals surface area contributed by atoms with Crippen molar-refractivity contribution in [3.05, 3.63) is 64.7 Å². The number of aryl methyl sites for hydroxylation is 1. The Morgan fingerprint density at radius 3 is 2.68 bits per heavy atom. The predicted octanol–water partition coefficient (Wildman–Crippen LogP) is 3.66. The molecule has 2 aromatic rings. The molecule has 1 heterocycles. The van der Waals surface area contributed by atoms with E-state index < -0.39 is 0 Å². The van der Waals surface area contributed by atoms with Gasteiger partial charge >= 0.3 is 0 Å². The van der Waals surface area contributed by atoms with Crippen LogP contribution >= 0.6 is 15.9 Å². The number of halogens is 1. The van der Waals surface area contributed by atoms with Gasteiger partial charge < -0.3 is 4.90 Å². The standard InChI is InChI=1S/C18H16BrNO2/c1-12-4-2-3-5-15(12)18(22)20-9-8-14-10-13(11-17(19)21)6-7-16(14)20/h2-7,10H,8-9,11H2,1H3. The third kappa shape index (κ3) is 2.83. The van der Waals surface area contributed by atoms with Crippen molar-refractivity contribution in [2.45, 2.75) is 19.8 Å². The number of carbonyl (C=O) groups is 2. The Kier molecular flexibility index (Phi) is 4.12. The molecule has 3 nitrogen and oxygen atoms in total. The van der Waals surface area contributed by atoms with E-state index in [0.717, 1.165) is 34.4 Å². The molecule has 0 aromatic heterocycles. The zero-order valence-corrected chi connectivity index (χ0v) is 13.9. The van der Waals surface area contributed by atoms with Gasteiger partial charge in [0.25, 0.3) is 5.91 Å². The van der Waals surface area contributed by atoms with Crippen LogP contribution < -0.4 is 4.90 Å². The van der Waals surface area contributed by atoms with Gasteiger partial charge in [0.2, 0.25) is 4.69 Å². The molecule has 0 atom stereocenters. The summed E-state index contributed by atoms with van der Waals surface area (Å²) in [5.41, 5.74) is 4.80. The van der Waals surface area contributed by atoms with Crippen LogP contribution in [-0.2, 0) is 17.6 Å². The number of anilines is 1. The number of fused-ring (bicyclic) bond motifs is 1. The highest BCUT2D eigenvalue weighted by Crippen LogP contribution is 2.31. The zero-order chi connectivity index (χ0) is 15.7. The predicted molar refractivity (Wildman–Crippen MR) is 90.6 cm³/mol. The highest BCUT2D eigenvalue weighted by atomic mass is 79.9. The van der Waals surface area contributed by atoms with Gasteiger partial charge in [0, 0.05) is 24.2 Å². The molecule has 22 heavy (non-hydrogen) atoms. The molecule has 0 unspecified atom stereocenters. The first-order valence-electron chi connectivity index (χ1n) is 7.24. The van der Waals surface area contributed by atoms with Gasteiger partial charge in [-0.2, -0.15) is 0 Å². The minimum absolute atomic E-state index is 0.0294. The van der Waals surface area contributed by atoms with Gasteiger partial charge in [-0.1, -0.05) is 30.3 Å². The molecule has 0 bridgehead atoms. The van der Waals surface area contributed by atoms with Crippen LogP contribution in [0.15, 0.2) is 42.5 Å². The highest BCUT2D eigenvalue weighted by molar-refractivity contribution is 9.18. The maximum atomic E-state index is 12.8. The SMILES string of the molecule is Cc1ccccc1C(=O)N1CCc2cc(CC(=O)Br)ccc21. The van der Waals surface area contributed by atoms with Crippen LogP contribution in [0.1, 0.15) is 27.0 Å². The molecule has 0 saturated carbocycles. The van der Waals surface area contributed by atoms with E-state index in [1.807, 2.05) is 54.3 Å². The van der Waals surface area contributed by atoms with Crippen LogP contribution in [0, 0.1) is 6.92 Å². The van der Waals surface area contributed by atoms with Gasteiger partial charge in [-0.25, -0.2) is 0 Å². The summed E-state index contributed by atoms with van der Waals surface area (Å²) in [5.74, 6) is 0.0427. The average Bonchev–Trinajstić information content (AvgIpc) is 2.89. The van der Waals surface area contributed by atoms with Crippen LogP contribution in [0.5, 0.6) is 0 Å². The van der Waals surface area contributed by atoms with Crippen LogP contribution in [0.4, 0.5) is 5.69 Å². The largest absolute Gasteiger partial charge is 0.308 e. The first-order valence-corrected chi connectivity index (χ1v) is 8.03. The van der Waals surface area contributed by atoms with E-state index in [0.29, 0.717) is 13.0 Å². The Morgan fingerprint density at radius 1 is 1.18 bits per heavy atom. The molecule has 2 aromatic carbocycles. The topological polar surface area (TPSA) is 37.4 Å². The lowest BCUT2D eigenvalue weighted by atomic mass is 10.1. The molecule has 1 aliphatic heterocycles. The van der Waals surface area contributed by atoms with Crippen molar-refractivity contribution in [1.29, 1.82) is 0 Å². The molecule has 112 valence electrons. The minimum atomic E-state index is -0.0294. The van der Waals surface area contributed by atoms with E-state index >= 15 is 0 Å². The minimum Gasteiger partial charge on any atom is -0.308 e. The summed E-state index contributed by atoms with van der Waals surface area (Å²) in [6.45, 7) is 2.64. The maximum absolute atomic E-state index is 12.8. The molecule has 4 heteroatoms. The van der Waals surface area contributed by atoms with Crippen molar-refractivity contribution in [2.75, 3.05) is 11.4 Å². The second-order valence-corrected chi connectivity index (χ2v) is 6.40. The lowest BCUT2D eigenvalue weighted by Gasteiger charge is -2.18. The summed E-state index contributed by atoms with van der Waals surface area (Å²) in [6, 6.07) is 13.5. The molecule has 1 aliphatic rings. The molecule has 0 spiro atoms. The Morgan fingerprint density at radius 2 is 1.95 bits per heavy atom. The monoisotopic (exact) mass is 357 g/mol.